The van der Waals surface area contributed by atoms with Gasteiger partial charge in [-0.25, -0.2) is 4.79 Å². The second-order valence-electron chi connectivity index (χ2n) is 5.62. The topological polar surface area (TPSA) is 68.4 Å². The molecule has 0 amide bonds. The summed E-state index contributed by atoms with van der Waals surface area (Å²) in [6.07, 6.45) is 4.60. The average Bonchev–Trinajstić information content (AvgIpc) is 3.02. The Kier molecular flexibility index (Phi) is 4.57. The van der Waals surface area contributed by atoms with Gasteiger partial charge in [0.25, 0.3) is 0 Å². The minimum Gasteiger partial charge on any atom is -0.459 e. The standard InChI is InChI=1S/C18H19NO4/c1-12(20)16(18(21)23-14-6-9-22-10-7-14)11-13-3-2-4-17-15(13)5-8-19-17/h2-5,8,11,14,19H,6-7,9-10H2,1H3/b16-11-. The summed E-state index contributed by atoms with van der Waals surface area (Å²) >= 11 is 0. The van der Waals surface area contributed by atoms with Crippen LogP contribution in [0.15, 0.2) is 36.0 Å². The molecule has 120 valence electrons. The highest BCUT2D eigenvalue weighted by atomic mass is 16.6. The van der Waals surface area contributed by atoms with Crippen molar-refractivity contribution in [3.05, 3.63) is 41.6 Å². The number of benzene rings is 1. The van der Waals surface area contributed by atoms with E-state index in [9.17, 15) is 9.59 Å². The number of rotatable bonds is 4. The van der Waals surface area contributed by atoms with Gasteiger partial charge in [0.2, 0.25) is 0 Å². The molecule has 0 saturated carbocycles. The molecular formula is C18H19NO4. The molecule has 0 spiro atoms. The Morgan fingerprint density at radius 1 is 1.26 bits per heavy atom. The molecule has 1 fully saturated rings. The van der Waals surface area contributed by atoms with Crippen molar-refractivity contribution in [3.63, 3.8) is 0 Å². The molecule has 2 heterocycles. The number of ether oxygens (including phenoxy) is 2. The molecule has 0 radical (unpaired) electrons. The lowest BCUT2D eigenvalue weighted by Crippen LogP contribution is -2.27. The van der Waals surface area contributed by atoms with E-state index < -0.39 is 5.97 Å². The number of Topliss-reactive ketones (excluding diaryl/α,β-unsaturated/α-hetero) is 1. The summed E-state index contributed by atoms with van der Waals surface area (Å²) in [5.74, 6) is -0.855. The Balaban J connectivity index is 1.87. The first kappa shape index (κ1) is 15.5. The summed E-state index contributed by atoms with van der Waals surface area (Å²) in [7, 11) is 0. The van der Waals surface area contributed by atoms with Crippen LogP contribution >= 0.6 is 0 Å². The zero-order valence-electron chi connectivity index (χ0n) is 13.0. The maximum Gasteiger partial charge on any atom is 0.342 e. The Hall–Kier alpha value is -2.40. The second-order valence-corrected chi connectivity index (χ2v) is 5.62. The minimum atomic E-state index is -0.558. The van der Waals surface area contributed by atoms with Gasteiger partial charge in [-0.15, -0.1) is 0 Å². The highest BCUT2D eigenvalue weighted by molar-refractivity contribution is 6.20. The lowest BCUT2D eigenvalue weighted by Gasteiger charge is -2.22. The Morgan fingerprint density at radius 2 is 2.04 bits per heavy atom. The van der Waals surface area contributed by atoms with Crippen molar-refractivity contribution in [2.75, 3.05) is 13.2 Å². The first-order valence-electron chi connectivity index (χ1n) is 7.72. The van der Waals surface area contributed by atoms with Gasteiger partial charge < -0.3 is 14.5 Å². The predicted molar refractivity (Wildman–Crippen MR) is 86.9 cm³/mol. The number of ketones is 1. The number of hydrogen-bond acceptors (Lipinski definition) is 4. The Labute approximate surface area is 134 Å². The molecule has 0 atom stereocenters. The quantitative estimate of drug-likeness (QED) is 0.408. The first-order chi connectivity index (χ1) is 11.1. The zero-order chi connectivity index (χ0) is 16.2. The monoisotopic (exact) mass is 313 g/mol. The van der Waals surface area contributed by atoms with E-state index in [2.05, 4.69) is 4.98 Å². The third kappa shape index (κ3) is 3.51. The third-order valence-corrected chi connectivity index (χ3v) is 3.97. The van der Waals surface area contributed by atoms with Gasteiger partial charge >= 0.3 is 5.97 Å². The summed E-state index contributed by atoms with van der Waals surface area (Å²) in [6, 6.07) is 7.62. The molecule has 1 aromatic carbocycles. The fourth-order valence-electron chi connectivity index (χ4n) is 2.70. The van der Waals surface area contributed by atoms with Crippen LogP contribution < -0.4 is 0 Å². The van der Waals surface area contributed by atoms with Crippen LogP contribution in [0.25, 0.3) is 17.0 Å². The van der Waals surface area contributed by atoms with Crippen molar-refractivity contribution in [3.8, 4) is 0 Å². The van der Waals surface area contributed by atoms with E-state index in [0.717, 1.165) is 16.5 Å². The van der Waals surface area contributed by atoms with E-state index in [0.29, 0.717) is 26.1 Å². The summed E-state index contributed by atoms with van der Waals surface area (Å²) in [5.41, 5.74) is 1.85. The summed E-state index contributed by atoms with van der Waals surface area (Å²) in [5, 5.41) is 0.963. The highest BCUT2D eigenvalue weighted by Crippen LogP contribution is 2.21. The number of hydrogen-bond donors (Lipinski definition) is 1. The van der Waals surface area contributed by atoms with Gasteiger partial charge in [-0.3, -0.25) is 4.79 Å². The van der Waals surface area contributed by atoms with Crippen LogP contribution in [0, 0.1) is 0 Å². The molecule has 0 aliphatic carbocycles. The lowest BCUT2D eigenvalue weighted by atomic mass is 10.0. The number of aromatic amines is 1. The number of nitrogens with one attached hydrogen (secondary N) is 1. The van der Waals surface area contributed by atoms with E-state index in [1.165, 1.54) is 6.92 Å². The average molecular weight is 313 g/mol. The van der Waals surface area contributed by atoms with E-state index >= 15 is 0 Å². The van der Waals surface area contributed by atoms with Gasteiger partial charge in [0.05, 0.1) is 13.2 Å². The fourth-order valence-corrected chi connectivity index (χ4v) is 2.70. The molecule has 3 rings (SSSR count). The fraction of sp³-hybridized carbons (Fsp3) is 0.333. The number of esters is 1. The zero-order valence-corrected chi connectivity index (χ0v) is 13.0. The van der Waals surface area contributed by atoms with E-state index in [1.54, 1.807) is 6.08 Å². The number of aromatic nitrogens is 1. The van der Waals surface area contributed by atoms with E-state index in [4.69, 9.17) is 9.47 Å². The second kappa shape index (κ2) is 6.79. The van der Waals surface area contributed by atoms with Crippen LogP contribution in [0.1, 0.15) is 25.3 Å². The first-order valence-corrected chi connectivity index (χ1v) is 7.72. The summed E-state index contributed by atoms with van der Waals surface area (Å²) in [4.78, 5) is 27.4. The lowest BCUT2D eigenvalue weighted by molar-refractivity contribution is -0.149. The molecule has 23 heavy (non-hydrogen) atoms. The molecule has 1 aliphatic rings. The van der Waals surface area contributed by atoms with Crippen LogP contribution in [0.5, 0.6) is 0 Å². The van der Waals surface area contributed by atoms with Gasteiger partial charge in [0.15, 0.2) is 5.78 Å². The number of carbonyl (C=O) groups is 2. The molecule has 5 heteroatoms. The molecular weight excluding hydrogens is 294 g/mol. The number of carbonyl (C=O) groups excluding carboxylic acids is 2. The van der Waals surface area contributed by atoms with Crippen LogP contribution in [0.2, 0.25) is 0 Å². The van der Waals surface area contributed by atoms with Crippen molar-refractivity contribution < 1.29 is 19.1 Å². The summed E-state index contributed by atoms with van der Waals surface area (Å²) < 4.78 is 10.7. The predicted octanol–water partition coefficient (Wildman–Crippen LogP) is 2.86. The molecule has 0 unspecified atom stereocenters. The molecule has 1 aromatic heterocycles. The normalized spacial score (nSPS) is 16.5. The van der Waals surface area contributed by atoms with Gasteiger partial charge in [-0.2, -0.15) is 0 Å². The maximum absolute atomic E-state index is 12.4. The Morgan fingerprint density at radius 3 is 2.78 bits per heavy atom. The van der Waals surface area contributed by atoms with Crippen molar-refractivity contribution in [1.82, 2.24) is 4.98 Å². The molecule has 2 aromatic rings. The van der Waals surface area contributed by atoms with Crippen molar-refractivity contribution in [2.24, 2.45) is 0 Å². The van der Waals surface area contributed by atoms with Gasteiger partial charge in [-0.1, -0.05) is 12.1 Å². The highest BCUT2D eigenvalue weighted by Gasteiger charge is 2.23. The summed E-state index contributed by atoms with van der Waals surface area (Å²) in [6.45, 7) is 2.55. The van der Waals surface area contributed by atoms with Crippen LogP contribution in [0.4, 0.5) is 0 Å². The van der Waals surface area contributed by atoms with Crippen LogP contribution in [0.3, 0.4) is 0 Å². The smallest absolute Gasteiger partial charge is 0.342 e. The third-order valence-electron chi connectivity index (χ3n) is 3.97. The number of H-pyrrole nitrogens is 1. The molecule has 1 saturated heterocycles. The van der Waals surface area contributed by atoms with Crippen LogP contribution in [-0.4, -0.2) is 36.1 Å². The van der Waals surface area contributed by atoms with Crippen LogP contribution in [-0.2, 0) is 19.1 Å². The van der Waals surface area contributed by atoms with E-state index in [-0.39, 0.29) is 17.5 Å². The molecule has 5 nitrogen and oxygen atoms in total. The van der Waals surface area contributed by atoms with Gasteiger partial charge in [0.1, 0.15) is 11.7 Å². The van der Waals surface area contributed by atoms with E-state index in [1.807, 2.05) is 30.5 Å². The molecule has 1 N–H and O–H groups in total. The van der Waals surface area contributed by atoms with Gasteiger partial charge in [0, 0.05) is 29.9 Å². The minimum absolute atomic E-state index is 0.0743. The largest absolute Gasteiger partial charge is 0.459 e. The Bertz CT molecular complexity index is 753. The van der Waals surface area contributed by atoms with Crippen molar-refractivity contribution in [1.29, 1.82) is 0 Å². The molecule has 1 aliphatic heterocycles. The van der Waals surface area contributed by atoms with Crippen molar-refractivity contribution >= 4 is 28.7 Å². The van der Waals surface area contributed by atoms with Gasteiger partial charge in [-0.05, 0) is 30.7 Å². The van der Waals surface area contributed by atoms with Crippen molar-refractivity contribution in [2.45, 2.75) is 25.9 Å². The maximum atomic E-state index is 12.4. The SMILES string of the molecule is CC(=O)/C(=C/c1cccc2[nH]ccc12)C(=O)OC1CCOCC1. The molecule has 0 bridgehead atoms. The number of fused-ring (bicyclic) bond motifs is 1.